The predicted octanol–water partition coefficient (Wildman–Crippen LogP) is 3.32. The maximum absolute atomic E-state index is 14.0. The van der Waals surface area contributed by atoms with E-state index in [9.17, 15) is 25.8 Å². The third kappa shape index (κ3) is 4.71. The minimum absolute atomic E-state index is 0.0613. The van der Waals surface area contributed by atoms with Crippen molar-refractivity contribution < 1.29 is 30.5 Å². The number of pyridine rings is 1. The van der Waals surface area contributed by atoms with Gasteiger partial charge in [-0.25, -0.2) is 27.3 Å². The second-order valence-electron chi connectivity index (χ2n) is 8.16. The zero-order valence-electron chi connectivity index (χ0n) is 19.3. The molecule has 0 saturated carbocycles. The van der Waals surface area contributed by atoms with Gasteiger partial charge in [0, 0.05) is 42.7 Å². The van der Waals surface area contributed by atoms with Crippen molar-refractivity contribution in [3.05, 3.63) is 60.4 Å². The topological polar surface area (TPSA) is 107 Å². The Morgan fingerprint density at radius 3 is 2.38 bits per heavy atom. The molecule has 0 radical (unpaired) electrons. The predicted molar refractivity (Wildman–Crippen MR) is 130 cm³/mol. The Hall–Kier alpha value is -3.36. The second kappa shape index (κ2) is 9.50. The lowest BCUT2D eigenvalue weighted by Crippen LogP contribution is -2.36. The van der Waals surface area contributed by atoms with Gasteiger partial charge in [-0.1, -0.05) is 18.2 Å². The SMILES string of the molecule is CS(=O)c1ncc(C(F)(F)F)c(-c2cn(S(=O)(=O)c3ccccc3)c3nc(N4CCOCC4)ccc23)n1. The van der Waals surface area contributed by atoms with Gasteiger partial charge in [-0.15, -0.1) is 0 Å². The van der Waals surface area contributed by atoms with Crippen LogP contribution in [0.2, 0.25) is 0 Å². The fraction of sp³-hybridized carbons (Fsp3) is 0.261. The monoisotopic (exact) mass is 551 g/mol. The molecule has 4 aromatic rings. The second-order valence-corrected chi connectivity index (χ2v) is 11.3. The molecule has 0 aliphatic carbocycles. The van der Waals surface area contributed by atoms with Crippen LogP contribution in [0.25, 0.3) is 22.3 Å². The van der Waals surface area contributed by atoms with Gasteiger partial charge in [0.15, 0.2) is 5.65 Å². The van der Waals surface area contributed by atoms with Gasteiger partial charge in [-0.2, -0.15) is 13.2 Å². The summed E-state index contributed by atoms with van der Waals surface area (Å²) >= 11 is 0. The van der Waals surface area contributed by atoms with Crippen molar-refractivity contribution in [2.45, 2.75) is 16.2 Å². The summed E-state index contributed by atoms with van der Waals surface area (Å²) in [7, 11) is -6.03. The van der Waals surface area contributed by atoms with Crippen LogP contribution in [0.3, 0.4) is 0 Å². The Labute approximate surface area is 212 Å². The molecule has 0 N–H and O–H groups in total. The van der Waals surface area contributed by atoms with E-state index in [0.717, 1.165) is 10.2 Å². The highest BCUT2D eigenvalue weighted by Gasteiger charge is 2.37. The van der Waals surface area contributed by atoms with E-state index in [2.05, 4.69) is 15.0 Å². The Morgan fingerprint density at radius 1 is 1.03 bits per heavy atom. The number of aromatic nitrogens is 4. The molecule has 1 aromatic carbocycles. The number of hydrogen-bond acceptors (Lipinski definition) is 8. The zero-order chi connectivity index (χ0) is 26.4. The Morgan fingerprint density at radius 2 is 1.73 bits per heavy atom. The average molecular weight is 552 g/mol. The molecule has 37 heavy (non-hydrogen) atoms. The maximum atomic E-state index is 14.0. The number of alkyl halides is 3. The van der Waals surface area contributed by atoms with Gasteiger partial charge in [0.2, 0.25) is 5.16 Å². The fourth-order valence-electron chi connectivity index (χ4n) is 4.03. The highest BCUT2D eigenvalue weighted by molar-refractivity contribution is 7.90. The lowest BCUT2D eigenvalue weighted by Gasteiger charge is -2.27. The van der Waals surface area contributed by atoms with Crippen molar-refractivity contribution in [1.82, 2.24) is 18.9 Å². The highest BCUT2D eigenvalue weighted by Crippen LogP contribution is 2.40. The lowest BCUT2D eigenvalue weighted by molar-refractivity contribution is -0.137. The molecule has 5 rings (SSSR count). The van der Waals surface area contributed by atoms with Gasteiger partial charge in [-0.05, 0) is 24.3 Å². The summed E-state index contributed by atoms with van der Waals surface area (Å²) in [6, 6.07) is 10.6. The van der Waals surface area contributed by atoms with Crippen LogP contribution in [0.1, 0.15) is 5.56 Å². The van der Waals surface area contributed by atoms with Gasteiger partial charge < -0.3 is 9.64 Å². The number of morpholine rings is 1. The maximum Gasteiger partial charge on any atom is 0.419 e. The molecule has 0 spiro atoms. The molecule has 1 saturated heterocycles. The van der Waals surface area contributed by atoms with Gasteiger partial charge in [0.05, 0.1) is 34.6 Å². The summed E-state index contributed by atoms with van der Waals surface area (Å²) in [4.78, 5) is 13.9. The summed E-state index contributed by atoms with van der Waals surface area (Å²) in [6.45, 7) is 1.96. The third-order valence-electron chi connectivity index (χ3n) is 5.83. The first-order chi connectivity index (χ1) is 17.6. The first-order valence-corrected chi connectivity index (χ1v) is 14.0. The number of ether oxygens (including phenoxy) is 1. The molecule has 1 atom stereocenters. The van der Waals surface area contributed by atoms with Crippen molar-refractivity contribution in [2.75, 3.05) is 37.5 Å². The minimum atomic E-state index is -4.85. The van der Waals surface area contributed by atoms with Crippen LogP contribution in [0.15, 0.2) is 64.9 Å². The Bertz CT molecular complexity index is 1600. The van der Waals surface area contributed by atoms with Crippen LogP contribution in [0.4, 0.5) is 19.0 Å². The number of nitrogens with zero attached hydrogens (tertiary/aromatic N) is 5. The molecule has 4 heterocycles. The highest BCUT2D eigenvalue weighted by atomic mass is 32.2. The lowest BCUT2D eigenvalue weighted by atomic mass is 10.1. The smallest absolute Gasteiger partial charge is 0.378 e. The molecule has 9 nitrogen and oxygen atoms in total. The van der Waals surface area contributed by atoms with Crippen LogP contribution in [-0.2, 0) is 31.7 Å². The van der Waals surface area contributed by atoms with Gasteiger partial charge in [0.25, 0.3) is 10.0 Å². The van der Waals surface area contributed by atoms with Gasteiger partial charge in [-0.3, -0.25) is 4.21 Å². The Kier molecular flexibility index (Phi) is 6.50. The summed E-state index contributed by atoms with van der Waals surface area (Å²) in [5.74, 6) is 0.457. The van der Waals surface area contributed by atoms with Crippen molar-refractivity contribution in [3.8, 4) is 11.3 Å². The summed E-state index contributed by atoms with van der Waals surface area (Å²) in [5, 5.41) is -0.179. The third-order valence-corrected chi connectivity index (χ3v) is 8.20. The molecule has 14 heteroatoms. The van der Waals surface area contributed by atoms with Crippen LogP contribution in [-0.4, -0.2) is 64.1 Å². The van der Waals surface area contributed by atoms with E-state index in [0.29, 0.717) is 38.3 Å². The summed E-state index contributed by atoms with van der Waals surface area (Å²) < 4.78 is 87.4. The molecule has 3 aromatic heterocycles. The quantitative estimate of drug-likeness (QED) is 0.348. The summed E-state index contributed by atoms with van der Waals surface area (Å²) in [6.07, 6.45) is -1.98. The Balaban J connectivity index is 1.81. The van der Waals surface area contributed by atoms with E-state index < -0.39 is 38.3 Å². The number of halogens is 3. The van der Waals surface area contributed by atoms with Crippen LogP contribution < -0.4 is 4.90 Å². The number of hydrogen-bond donors (Lipinski definition) is 0. The van der Waals surface area contributed by atoms with Crippen LogP contribution >= 0.6 is 0 Å². The first kappa shape index (κ1) is 25.3. The van der Waals surface area contributed by atoms with E-state index in [1.54, 1.807) is 24.3 Å². The largest absolute Gasteiger partial charge is 0.419 e. The fourth-order valence-corrected chi connectivity index (χ4v) is 5.79. The van der Waals surface area contributed by atoms with E-state index in [1.165, 1.54) is 24.5 Å². The van der Waals surface area contributed by atoms with Crippen LogP contribution in [0, 0.1) is 0 Å². The first-order valence-electron chi connectivity index (χ1n) is 11.0. The number of benzene rings is 1. The molecular weight excluding hydrogens is 531 g/mol. The molecule has 1 aliphatic heterocycles. The molecule has 1 unspecified atom stereocenters. The van der Waals surface area contributed by atoms with E-state index >= 15 is 0 Å². The van der Waals surface area contributed by atoms with E-state index in [1.807, 2.05) is 4.90 Å². The van der Waals surface area contributed by atoms with Crippen molar-refractivity contribution >= 4 is 37.7 Å². The normalized spacial score (nSPS) is 15.7. The molecule has 194 valence electrons. The number of fused-ring (bicyclic) bond motifs is 1. The number of rotatable bonds is 5. The average Bonchev–Trinajstić information content (AvgIpc) is 3.28. The summed E-state index contributed by atoms with van der Waals surface area (Å²) in [5.41, 5.74) is -1.96. The van der Waals surface area contributed by atoms with Crippen molar-refractivity contribution in [1.29, 1.82) is 0 Å². The van der Waals surface area contributed by atoms with Crippen molar-refractivity contribution in [2.24, 2.45) is 0 Å². The molecule has 1 aliphatic rings. The van der Waals surface area contributed by atoms with Gasteiger partial charge in [0.1, 0.15) is 11.4 Å². The molecule has 0 bridgehead atoms. The van der Waals surface area contributed by atoms with Crippen molar-refractivity contribution in [3.63, 3.8) is 0 Å². The number of anilines is 1. The van der Waals surface area contributed by atoms with E-state index in [4.69, 9.17) is 4.74 Å². The van der Waals surface area contributed by atoms with Gasteiger partial charge >= 0.3 is 6.18 Å². The van der Waals surface area contributed by atoms with E-state index in [-0.39, 0.29) is 26.6 Å². The molecule has 1 fully saturated rings. The standard InChI is InChI=1S/C23H20F3N5O4S2/c1-36(32)22-27-13-18(23(24,25)26)20(29-22)17-14-31(37(33,34)15-5-3-2-4-6-15)21-16(17)7-8-19(28-21)30-9-11-35-12-10-30/h2-8,13-14H,9-12H2,1H3. The molecular formula is C23H20F3N5O4S2. The van der Waals surface area contributed by atoms with Crippen LogP contribution in [0.5, 0.6) is 0 Å². The zero-order valence-corrected chi connectivity index (χ0v) is 21.0. The minimum Gasteiger partial charge on any atom is -0.378 e. The molecule has 0 amide bonds.